The van der Waals surface area contributed by atoms with Crippen molar-refractivity contribution in [3.8, 4) is 0 Å². The summed E-state index contributed by atoms with van der Waals surface area (Å²) in [5.41, 5.74) is 7.42. The van der Waals surface area contributed by atoms with Crippen LogP contribution in [0.4, 0.5) is 0 Å². The normalized spacial score (nSPS) is 24.5. The van der Waals surface area contributed by atoms with Crippen LogP contribution in [0.5, 0.6) is 0 Å². The van der Waals surface area contributed by atoms with E-state index in [4.69, 9.17) is 15.5 Å². The first-order valence-corrected chi connectivity index (χ1v) is 7.46. The van der Waals surface area contributed by atoms with E-state index >= 15 is 0 Å². The van der Waals surface area contributed by atoms with Gasteiger partial charge in [-0.05, 0) is 25.7 Å². The molecule has 0 atom stereocenters. The van der Waals surface area contributed by atoms with Gasteiger partial charge in [0.25, 0.3) is 0 Å². The molecule has 1 aromatic rings. The van der Waals surface area contributed by atoms with Crippen molar-refractivity contribution in [2.24, 2.45) is 5.73 Å². The minimum Gasteiger partial charge on any atom is -0.381 e. The highest BCUT2D eigenvalue weighted by molar-refractivity contribution is 7.09. The Labute approximate surface area is 106 Å². The molecule has 3 nitrogen and oxygen atoms in total. The fourth-order valence-corrected chi connectivity index (χ4v) is 3.95. The van der Waals surface area contributed by atoms with Crippen molar-refractivity contribution in [3.63, 3.8) is 0 Å². The molecule has 0 radical (unpaired) electrons. The van der Waals surface area contributed by atoms with Gasteiger partial charge in [-0.1, -0.05) is 6.42 Å². The number of aromatic nitrogens is 1. The van der Waals surface area contributed by atoms with Crippen molar-refractivity contribution in [2.45, 2.75) is 43.4 Å². The molecule has 1 saturated carbocycles. The first kappa shape index (κ1) is 11.6. The van der Waals surface area contributed by atoms with Gasteiger partial charge >= 0.3 is 0 Å². The van der Waals surface area contributed by atoms with E-state index in [9.17, 15) is 0 Å². The predicted octanol–water partition coefficient (Wildman–Crippen LogP) is 2.42. The van der Waals surface area contributed by atoms with Gasteiger partial charge in [0.15, 0.2) is 0 Å². The molecule has 2 heterocycles. The molecule has 17 heavy (non-hydrogen) atoms. The molecule has 1 aliphatic carbocycles. The van der Waals surface area contributed by atoms with Crippen LogP contribution in [0.15, 0.2) is 5.38 Å². The molecule has 1 saturated heterocycles. The van der Waals surface area contributed by atoms with Crippen LogP contribution in [0.1, 0.15) is 48.7 Å². The molecule has 2 aliphatic rings. The third-order valence-electron chi connectivity index (χ3n) is 4.34. The zero-order valence-corrected chi connectivity index (χ0v) is 11.0. The average Bonchev–Trinajstić information content (AvgIpc) is 2.80. The summed E-state index contributed by atoms with van der Waals surface area (Å²) >= 11 is 1.83. The van der Waals surface area contributed by atoms with Gasteiger partial charge in [-0.25, -0.2) is 4.98 Å². The number of hydrogen-bond donors (Lipinski definition) is 1. The van der Waals surface area contributed by atoms with Crippen LogP contribution in [-0.4, -0.2) is 24.7 Å². The Morgan fingerprint density at radius 3 is 2.76 bits per heavy atom. The maximum absolute atomic E-state index is 5.93. The van der Waals surface area contributed by atoms with Crippen molar-refractivity contribution >= 4 is 11.3 Å². The average molecular weight is 252 g/mol. The highest BCUT2D eigenvalue weighted by atomic mass is 32.1. The van der Waals surface area contributed by atoms with Crippen molar-refractivity contribution in [1.82, 2.24) is 4.98 Å². The Morgan fingerprint density at radius 2 is 2.18 bits per heavy atom. The summed E-state index contributed by atoms with van der Waals surface area (Å²) in [6, 6.07) is 0. The molecule has 0 unspecified atom stereocenters. The maximum Gasteiger partial charge on any atom is 0.0961 e. The number of ether oxygens (including phenoxy) is 1. The van der Waals surface area contributed by atoms with Crippen molar-refractivity contribution in [2.75, 3.05) is 19.8 Å². The van der Waals surface area contributed by atoms with Gasteiger partial charge in [-0.3, -0.25) is 0 Å². The van der Waals surface area contributed by atoms with E-state index in [1.54, 1.807) is 0 Å². The molecule has 0 spiro atoms. The van der Waals surface area contributed by atoms with Crippen LogP contribution in [0, 0.1) is 0 Å². The van der Waals surface area contributed by atoms with E-state index in [0.29, 0.717) is 5.92 Å². The summed E-state index contributed by atoms with van der Waals surface area (Å²) in [6.07, 6.45) is 6.01. The van der Waals surface area contributed by atoms with E-state index in [-0.39, 0.29) is 5.41 Å². The van der Waals surface area contributed by atoms with E-state index in [1.807, 2.05) is 11.3 Å². The van der Waals surface area contributed by atoms with Crippen LogP contribution in [0.2, 0.25) is 0 Å². The summed E-state index contributed by atoms with van der Waals surface area (Å²) in [5, 5.41) is 3.56. The van der Waals surface area contributed by atoms with Gasteiger partial charge < -0.3 is 10.5 Å². The molecule has 94 valence electrons. The first-order valence-electron chi connectivity index (χ1n) is 6.58. The second-order valence-electron chi connectivity index (χ2n) is 5.30. The quantitative estimate of drug-likeness (QED) is 0.898. The third-order valence-corrected chi connectivity index (χ3v) is 5.34. The number of thiazole rings is 1. The lowest BCUT2D eigenvalue weighted by molar-refractivity contribution is 0.0851. The fraction of sp³-hybridized carbons (Fsp3) is 0.769. The molecule has 0 bridgehead atoms. The van der Waals surface area contributed by atoms with Crippen LogP contribution in [0.25, 0.3) is 0 Å². The van der Waals surface area contributed by atoms with Gasteiger partial charge in [-0.2, -0.15) is 0 Å². The number of rotatable bonds is 3. The van der Waals surface area contributed by atoms with Gasteiger partial charge in [0.1, 0.15) is 0 Å². The van der Waals surface area contributed by atoms with Crippen LogP contribution >= 0.6 is 11.3 Å². The van der Waals surface area contributed by atoms with Crippen molar-refractivity contribution < 1.29 is 4.74 Å². The summed E-state index contributed by atoms with van der Waals surface area (Å²) in [5.74, 6) is 0.623. The van der Waals surface area contributed by atoms with Crippen LogP contribution in [0.3, 0.4) is 0 Å². The summed E-state index contributed by atoms with van der Waals surface area (Å²) in [7, 11) is 0. The Hall–Kier alpha value is -0.450. The van der Waals surface area contributed by atoms with Gasteiger partial charge in [0, 0.05) is 36.5 Å². The topological polar surface area (TPSA) is 48.1 Å². The molecule has 2 fully saturated rings. The molecule has 1 aliphatic heterocycles. The largest absolute Gasteiger partial charge is 0.381 e. The summed E-state index contributed by atoms with van der Waals surface area (Å²) in [6.45, 7) is 2.53. The smallest absolute Gasteiger partial charge is 0.0961 e. The fourth-order valence-electron chi connectivity index (χ4n) is 2.83. The highest BCUT2D eigenvalue weighted by Crippen LogP contribution is 2.44. The lowest BCUT2D eigenvalue weighted by Gasteiger charge is -2.39. The van der Waals surface area contributed by atoms with Gasteiger partial charge in [0.2, 0.25) is 0 Å². The number of hydrogen-bond acceptors (Lipinski definition) is 4. The molecular weight excluding hydrogens is 232 g/mol. The van der Waals surface area contributed by atoms with Gasteiger partial charge in [0.05, 0.1) is 10.7 Å². The minimum absolute atomic E-state index is 0.222. The molecule has 3 rings (SSSR count). The van der Waals surface area contributed by atoms with E-state index in [1.165, 1.54) is 30.0 Å². The minimum atomic E-state index is 0.222. The van der Waals surface area contributed by atoms with Crippen molar-refractivity contribution in [1.29, 1.82) is 0 Å². The molecule has 0 amide bonds. The lowest BCUT2D eigenvalue weighted by Crippen LogP contribution is -2.41. The Kier molecular flexibility index (Phi) is 3.19. The third kappa shape index (κ3) is 2.02. The highest BCUT2D eigenvalue weighted by Gasteiger charge is 2.39. The maximum atomic E-state index is 5.93. The van der Waals surface area contributed by atoms with Crippen LogP contribution in [-0.2, 0) is 10.2 Å². The molecule has 2 N–H and O–H groups in total. The Bertz CT molecular complexity index is 375. The molecule has 4 heteroatoms. The molecule has 0 aromatic carbocycles. The standard InChI is InChI=1S/C13H20N2OS/c14-9-13(4-1-5-13)11-8-17-12(15-11)10-2-6-16-7-3-10/h8,10H,1-7,9,14H2. The first-order chi connectivity index (χ1) is 8.34. The molecule has 1 aromatic heterocycles. The second-order valence-corrected chi connectivity index (χ2v) is 6.19. The monoisotopic (exact) mass is 252 g/mol. The Balaban J connectivity index is 1.77. The van der Waals surface area contributed by atoms with E-state index in [0.717, 1.165) is 32.6 Å². The SMILES string of the molecule is NCC1(c2csc(C3CCOCC3)n2)CCC1. The van der Waals surface area contributed by atoms with Gasteiger partial charge in [-0.15, -0.1) is 11.3 Å². The predicted molar refractivity (Wildman–Crippen MR) is 69.5 cm³/mol. The number of nitrogens with two attached hydrogens (primary N) is 1. The Morgan fingerprint density at radius 1 is 1.41 bits per heavy atom. The molecular formula is C13H20N2OS. The van der Waals surface area contributed by atoms with Crippen LogP contribution < -0.4 is 5.73 Å². The second kappa shape index (κ2) is 4.67. The van der Waals surface area contributed by atoms with Crippen molar-refractivity contribution in [3.05, 3.63) is 16.1 Å². The zero-order chi connectivity index (χ0) is 11.7. The van der Waals surface area contributed by atoms with E-state index in [2.05, 4.69) is 5.38 Å². The summed E-state index contributed by atoms with van der Waals surface area (Å²) < 4.78 is 5.41. The summed E-state index contributed by atoms with van der Waals surface area (Å²) in [4.78, 5) is 4.88. The van der Waals surface area contributed by atoms with E-state index < -0.39 is 0 Å². The number of nitrogens with zero attached hydrogens (tertiary/aromatic N) is 1. The zero-order valence-electron chi connectivity index (χ0n) is 10.2. The lowest BCUT2D eigenvalue weighted by atomic mass is 9.67.